The Hall–Kier alpha value is -0.970. The van der Waals surface area contributed by atoms with Gasteiger partial charge in [0.05, 0.1) is 21.7 Å². The summed E-state index contributed by atoms with van der Waals surface area (Å²) in [5.41, 5.74) is 1.78. The number of hydrogen-bond donors (Lipinski definition) is 1. The van der Waals surface area contributed by atoms with E-state index in [1.807, 2.05) is 6.07 Å². The smallest absolute Gasteiger partial charge is 0.144 e. The first-order valence-corrected chi connectivity index (χ1v) is 7.44. The second-order valence-electron chi connectivity index (χ2n) is 5.72. The third-order valence-corrected chi connectivity index (χ3v) is 4.89. The van der Waals surface area contributed by atoms with Gasteiger partial charge in [-0.2, -0.15) is 0 Å². The van der Waals surface area contributed by atoms with E-state index in [4.69, 9.17) is 11.6 Å². The highest BCUT2D eigenvalue weighted by atomic mass is 35.5. The highest BCUT2D eigenvalue weighted by molar-refractivity contribution is 7.15. The van der Waals surface area contributed by atoms with Crippen LogP contribution in [0.5, 0.6) is 0 Å². The first-order chi connectivity index (χ1) is 8.96. The molecule has 0 aliphatic heterocycles. The highest BCUT2D eigenvalue weighted by Crippen LogP contribution is 2.45. The average Bonchev–Trinajstić information content (AvgIpc) is 2.71. The minimum Gasteiger partial charge on any atom is -0.387 e. The predicted octanol–water partition coefficient (Wildman–Crippen LogP) is 3.86. The minimum atomic E-state index is -0.424. The number of hydrogen-bond acceptors (Lipinski definition) is 4. The fourth-order valence-electron chi connectivity index (χ4n) is 2.54. The Morgan fingerprint density at radius 2 is 2.26 bits per heavy atom. The van der Waals surface area contributed by atoms with Crippen LogP contribution in [0.2, 0.25) is 5.02 Å². The van der Waals surface area contributed by atoms with Crippen molar-refractivity contribution in [3.63, 3.8) is 0 Å². The molecule has 0 spiro atoms. The Bertz CT molecular complexity index is 624. The maximum absolute atomic E-state index is 10.2. The van der Waals surface area contributed by atoms with Gasteiger partial charge in [0.1, 0.15) is 10.7 Å². The van der Waals surface area contributed by atoms with E-state index >= 15 is 0 Å². The van der Waals surface area contributed by atoms with Crippen LogP contribution in [0.25, 0.3) is 10.7 Å². The molecule has 5 heteroatoms. The van der Waals surface area contributed by atoms with Crippen molar-refractivity contribution in [1.29, 1.82) is 0 Å². The summed E-state index contributed by atoms with van der Waals surface area (Å²) in [6, 6.07) is 3.61. The largest absolute Gasteiger partial charge is 0.387 e. The van der Waals surface area contributed by atoms with Gasteiger partial charge in [0.2, 0.25) is 0 Å². The Morgan fingerprint density at radius 3 is 3.00 bits per heavy atom. The lowest BCUT2D eigenvalue weighted by molar-refractivity contribution is 0.102. The lowest BCUT2D eigenvalue weighted by Gasteiger charge is -2.31. The molecule has 0 saturated heterocycles. The predicted molar refractivity (Wildman–Crippen MR) is 77.4 cm³/mol. The van der Waals surface area contributed by atoms with E-state index in [2.05, 4.69) is 23.8 Å². The average molecular weight is 295 g/mol. The molecule has 0 bridgehead atoms. The van der Waals surface area contributed by atoms with E-state index in [0.717, 1.165) is 28.4 Å². The fourth-order valence-corrected chi connectivity index (χ4v) is 3.88. The monoisotopic (exact) mass is 294 g/mol. The zero-order valence-electron chi connectivity index (χ0n) is 10.9. The summed E-state index contributed by atoms with van der Waals surface area (Å²) in [6.45, 7) is 4.32. The molecule has 3 rings (SSSR count). The van der Waals surface area contributed by atoms with Crippen LogP contribution < -0.4 is 0 Å². The Morgan fingerprint density at radius 1 is 1.47 bits per heavy atom. The van der Waals surface area contributed by atoms with Crippen molar-refractivity contribution >= 4 is 22.9 Å². The normalized spacial score (nSPS) is 21.2. The molecule has 100 valence electrons. The molecule has 0 fully saturated rings. The zero-order valence-corrected chi connectivity index (χ0v) is 12.4. The van der Waals surface area contributed by atoms with Crippen LogP contribution in [-0.4, -0.2) is 15.1 Å². The zero-order chi connectivity index (χ0) is 13.6. The van der Waals surface area contributed by atoms with Gasteiger partial charge in [0, 0.05) is 6.20 Å². The lowest BCUT2D eigenvalue weighted by atomic mass is 9.77. The molecule has 1 atom stereocenters. The summed E-state index contributed by atoms with van der Waals surface area (Å²) in [4.78, 5) is 9.90. The van der Waals surface area contributed by atoms with Crippen LogP contribution in [-0.2, 0) is 6.42 Å². The standard InChI is InChI=1S/C14H15ClN2OS/c1-14(2)6-9-12(10(18)7-14)19-13(17-9)11-8(15)4-3-5-16-11/h3-5,10,18H,6-7H2,1-2H3. The molecule has 0 amide bonds. The molecule has 2 aromatic rings. The molecule has 0 saturated carbocycles. The number of aliphatic hydroxyl groups excluding tert-OH is 1. The number of rotatable bonds is 1. The molecule has 1 N–H and O–H groups in total. The second kappa shape index (κ2) is 4.54. The van der Waals surface area contributed by atoms with Crippen LogP contribution in [0.15, 0.2) is 18.3 Å². The number of fused-ring (bicyclic) bond motifs is 1. The van der Waals surface area contributed by atoms with Gasteiger partial charge in [0.15, 0.2) is 0 Å². The fraction of sp³-hybridized carbons (Fsp3) is 0.429. The molecule has 1 unspecified atom stereocenters. The molecular formula is C14H15ClN2OS. The summed E-state index contributed by atoms with van der Waals surface area (Å²) in [5.74, 6) is 0. The van der Waals surface area contributed by atoms with Crippen molar-refractivity contribution in [2.45, 2.75) is 32.8 Å². The van der Waals surface area contributed by atoms with Crippen LogP contribution in [0.1, 0.15) is 36.9 Å². The Labute approximate surface area is 121 Å². The van der Waals surface area contributed by atoms with Crippen LogP contribution in [0.3, 0.4) is 0 Å². The topological polar surface area (TPSA) is 46.0 Å². The van der Waals surface area contributed by atoms with E-state index in [-0.39, 0.29) is 5.41 Å². The molecule has 2 aromatic heterocycles. The first kappa shape index (κ1) is 13.0. The summed E-state index contributed by atoms with van der Waals surface area (Å²) >= 11 is 7.66. The molecule has 3 nitrogen and oxygen atoms in total. The summed E-state index contributed by atoms with van der Waals surface area (Å²) in [7, 11) is 0. The van der Waals surface area contributed by atoms with E-state index in [0.29, 0.717) is 10.7 Å². The van der Waals surface area contributed by atoms with Crippen LogP contribution in [0, 0.1) is 5.41 Å². The van der Waals surface area contributed by atoms with Crippen molar-refractivity contribution in [2.24, 2.45) is 5.41 Å². The van der Waals surface area contributed by atoms with Crippen molar-refractivity contribution in [1.82, 2.24) is 9.97 Å². The molecule has 1 aliphatic carbocycles. The Balaban J connectivity index is 2.07. The summed E-state index contributed by atoms with van der Waals surface area (Å²) in [6.07, 6.45) is 2.95. The second-order valence-corrected chi connectivity index (χ2v) is 7.16. The summed E-state index contributed by atoms with van der Waals surface area (Å²) in [5, 5.41) is 11.6. The molecule has 1 aliphatic rings. The SMILES string of the molecule is CC1(C)Cc2nc(-c3ncccc3Cl)sc2C(O)C1. The first-order valence-electron chi connectivity index (χ1n) is 6.25. The van der Waals surface area contributed by atoms with Crippen molar-refractivity contribution in [3.8, 4) is 10.7 Å². The van der Waals surface area contributed by atoms with Crippen molar-refractivity contribution in [2.75, 3.05) is 0 Å². The number of aromatic nitrogens is 2. The molecule has 2 heterocycles. The van der Waals surface area contributed by atoms with E-state index in [9.17, 15) is 5.11 Å². The van der Waals surface area contributed by atoms with Crippen LogP contribution in [0.4, 0.5) is 0 Å². The van der Waals surface area contributed by atoms with Gasteiger partial charge in [-0.1, -0.05) is 25.4 Å². The lowest BCUT2D eigenvalue weighted by Crippen LogP contribution is -2.24. The van der Waals surface area contributed by atoms with E-state index in [1.165, 1.54) is 11.3 Å². The maximum Gasteiger partial charge on any atom is 0.144 e. The van der Waals surface area contributed by atoms with Crippen molar-refractivity contribution < 1.29 is 5.11 Å². The van der Waals surface area contributed by atoms with Gasteiger partial charge in [0.25, 0.3) is 0 Å². The van der Waals surface area contributed by atoms with Gasteiger partial charge in [-0.3, -0.25) is 4.98 Å². The number of thiazole rings is 1. The van der Waals surface area contributed by atoms with Gasteiger partial charge >= 0.3 is 0 Å². The van der Waals surface area contributed by atoms with Gasteiger partial charge in [-0.15, -0.1) is 11.3 Å². The highest BCUT2D eigenvalue weighted by Gasteiger charge is 2.34. The van der Waals surface area contributed by atoms with E-state index in [1.54, 1.807) is 12.3 Å². The number of aliphatic hydroxyl groups is 1. The minimum absolute atomic E-state index is 0.0890. The Kier molecular flexibility index (Phi) is 3.12. The molecule has 0 aromatic carbocycles. The van der Waals surface area contributed by atoms with E-state index < -0.39 is 6.10 Å². The quantitative estimate of drug-likeness (QED) is 0.868. The van der Waals surface area contributed by atoms with Crippen LogP contribution >= 0.6 is 22.9 Å². The molecule has 0 radical (unpaired) electrons. The molecular weight excluding hydrogens is 280 g/mol. The van der Waals surface area contributed by atoms with Gasteiger partial charge < -0.3 is 5.11 Å². The molecule has 19 heavy (non-hydrogen) atoms. The van der Waals surface area contributed by atoms with Gasteiger partial charge in [-0.05, 0) is 30.4 Å². The summed E-state index contributed by atoms with van der Waals surface area (Å²) < 4.78 is 0. The third-order valence-electron chi connectivity index (χ3n) is 3.38. The number of nitrogens with zero attached hydrogens (tertiary/aromatic N) is 2. The maximum atomic E-state index is 10.2. The van der Waals surface area contributed by atoms with Crippen molar-refractivity contribution in [3.05, 3.63) is 33.9 Å². The number of pyridine rings is 1. The van der Waals surface area contributed by atoms with Gasteiger partial charge in [-0.25, -0.2) is 4.98 Å². The third kappa shape index (κ3) is 2.40. The number of halogens is 1.